The van der Waals surface area contributed by atoms with Gasteiger partial charge in [-0.15, -0.1) is 0 Å². The Bertz CT molecular complexity index is 1560. The largest absolute Gasteiger partial charge is 0.399 e. The second kappa shape index (κ2) is 9.90. The molecule has 0 aliphatic rings. The van der Waals surface area contributed by atoms with Gasteiger partial charge in [-0.1, -0.05) is 12.1 Å². The Morgan fingerprint density at radius 2 is 1.11 bits per heavy atom. The number of nitrogens with one attached hydrogen (secondary N) is 2. The Balaban J connectivity index is 1.57. The number of rotatable bonds is 8. The summed E-state index contributed by atoms with van der Waals surface area (Å²) in [6, 6.07) is 24.9. The van der Waals surface area contributed by atoms with Crippen LogP contribution in [0, 0.1) is 0 Å². The molecule has 180 valence electrons. The summed E-state index contributed by atoms with van der Waals surface area (Å²) in [4.78, 5) is 0.400. The summed E-state index contributed by atoms with van der Waals surface area (Å²) in [7, 11) is -8.00. The molecule has 0 aliphatic heterocycles. The predicted octanol–water partition coefficient (Wildman–Crippen LogP) is 4.60. The summed E-state index contributed by atoms with van der Waals surface area (Å²) in [6.07, 6.45) is 0. The maximum atomic E-state index is 13.3. The molecule has 0 radical (unpaired) electrons. The fourth-order valence-corrected chi connectivity index (χ4v) is 6.39. The lowest BCUT2D eigenvalue weighted by Crippen LogP contribution is -2.14. The summed E-state index contributed by atoms with van der Waals surface area (Å²) in [5.74, 6) is 0. The molecule has 0 saturated carbocycles. The van der Waals surface area contributed by atoms with E-state index in [4.69, 9.17) is 11.5 Å². The molecule has 35 heavy (non-hydrogen) atoms. The molecular weight excluding hydrogens is 504 g/mol. The molecule has 0 heterocycles. The highest BCUT2D eigenvalue weighted by Crippen LogP contribution is 2.28. The van der Waals surface area contributed by atoms with E-state index in [2.05, 4.69) is 9.44 Å². The van der Waals surface area contributed by atoms with E-state index in [1.807, 2.05) is 12.1 Å². The van der Waals surface area contributed by atoms with Crippen molar-refractivity contribution >= 4 is 54.6 Å². The Morgan fingerprint density at radius 1 is 0.600 bits per heavy atom. The number of sulfone groups is 1. The van der Waals surface area contributed by atoms with Crippen LogP contribution in [0.3, 0.4) is 0 Å². The molecule has 4 aromatic carbocycles. The van der Waals surface area contributed by atoms with Crippen LogP contribution in [-0.4, -0.2) is 16.8 Å². The fraction of sp³-hybridized carbons (Fsp3) is 0. The molecule has 0 aliphatic carbocycles. The van der Waals surface area contributed by atoms with Gasteiger partial charge in [0.2, 0.25) is 9.84 Å². The number of nitrogens with two attached hydrogens (primary N) is 2. The standard InChI is InChI=1S/C24H22N4O4S3/c25-17-7-11-19(12-8-17)27-33-21-3-1-4-22(15-21)34(29,30)23-5-2-6-24(16-23)35(31,32)28-20-13-9-18(26)10-14-20/h1-16,27-28H,25-26H2. The first-order chi connectivity index (χ1) is 16.6. The highest BCUT2D eigenvalue weighted by molar-refractivity contribution is 8.00. The van der Waals surface area contributed by atoms with Crippen molar-refractivity contribution in [2.45, 2.75) is 19.6 Å². The van der Waals surface area contributed by atoms with E-state index in [0.717, 1.165) is 11.8 Å². The number of anilines is 4. The molecule has 11 heteroatoms. The smallest absolute Gasteiger partial charge is 0.261 e. The summed E-state index contributed by atoms with van der Waals surface area (Å²) >= 11 is 1.24. The topological polar surface area (TPSA) is 144 Å². The summed E-state index contributed by atoms with van der Waals surface area (Å²) in [5.41, 5.74) is 13.6. The van der Waals surface area contributed by atoms with Gasteiger partial charge in [-0.05, 0) is 96.9 Å². The van der Waals surface area contributed by atoms with Crippen LogP contribution in [0.5, 0.6) is 0 Å². The van der Waals surface area contributed by atoms with Crippen LogP contribution in [0.4, 0.5) is 22.7 Å². The molecule has 6 N–H and O–H groups in total. The summed E-state index contributed by atoms with van der Waals surface area (Å²) in [6.45, 7) is 0. The maximum absolute atomic E-state index is 13.3. The molecule has 0 amide bonds. The first-order valence-corrected chi connectivity index (χ1v) is 14.0. The minimum Gasteiger partial charge on any atom is -0.399 e. The zero-order chi connectivity index (χ0) is 25.1. The number of hydrogen-bond acceptors (Lipinski definition) is 8. The maximum Gasteiger partial charge on any atom is 0.261 e. The van der Waals surface area contributed by atoms with Crippen LogP contribution < -0.4 is 20.9 Å². The number of nitrogen functional groups attached to an aromatic ring is 2. The molecular formula is C24H22N4O4S3. The average molecular weight is 527 g/mol. The van der Waals surface area contributed by atoms with Gasteiger partial charge in [-0.2, -0.15) is 0 Å². The molecule has 8 nitrogen and oxygen atoms in total. The Hall–Kier alpha value is -3.67. The Kier molecular flexibility index (Phi) is 6.92. The zero-order valence-corrected chi connectivity index (χ0v) is 20.7. The zero-order valence-electron chi connectivity index (χ0n) is 18.3. The monoisotopic (exact) mass is 526 g/mol. The number of benzene rings is 4. The fourth-order valence-electron chi connectivity index (χ4n) is 3.08. The SMILES string of the molecule is Nc1ccc(NSc2cccc(S(=O)(=O)c3cccc(S(=O)(=O)Nc4ccc(N)cc4)c3)c2)cc1. The third-order valence-corrected chi connectivity index (χ3v) is 8.86. The molecule has 0 atom stereocenters. The van der Waals surface area contributed by atoms with Gasteiger partial charge in [0, 0.05) is 27.6 Å². The summed E-state index contributed by atoms with van der Waals surface area (Å²) in [5, 5.41) is 0. The molecule has 4 aromatic rings. The van der Waals surface area contributed by atoms with E-state index in [9.17, 15) is 16.8 Å². The Morgan fingerprint density at radius 3 is 1.74 bits per heavy atom. The van der Waals surface area contributed by atoms with E-state index < -0.39 is 19.9 Å². The van der Waals surface area contributed by atoms with Crippen molar-refractivity contribution in [2.75, 3.05) is 20.9 Å². The first-order valence-electron chi connectivity index (χ1n) is 10.3. The van der Waals surface area contributed by atoms with Gasteiger partial charge in [-0.25, -0.2) is 16.8 Å². The quantitative estimate of drug-likeness (QED) is 0.193. The normalized spacial score (nSPS) is 11.7. The van der Waals surface area contributed by atoms with Crippen molar-refractivity contribution in [3.05, 3.63) is 97.1 Å². The second-order valence-corrected chi connectivity index (χ2v) is 12.0. The van der Waals surface area contributed by atoms with E-state index in [-0.39, 0.29) is 14.7 Å². The predicted molar refractivity (Wildman–Crippen MR) is 140 cm³/mol. The van der Waals surface area contributed by atoms with Crippen LogP contribution in [0.15, 0.2) is 117 Å². The highest BCUT2D eigenvalue weighted by atomic mass is 32.2. The molecule has 0 saturated heterocycles. The van der Waals surface area contributed by atoms with Crippen LogP contribution >= 0.6 is 11.9 Å². The lowest BCUT2D eigenvalue weighted by Gasteiger charge is -2.11. The van der Waals surface area contributed by atoms with Crippen LogP contribution in [0.2, 0.25) is 0 Å². The van der Waals surface area contributed by atoms with Crippen LogP contribution in [0.25, 0.3) is 0 Å². The van der Waals surface area contributed by atoms with E-state index in [1.165, 1.54) is 54.4 Å². The van der Waals surface area contributed by atoms with Gasteiger partial charge in [0.05, 0.1) is 14.7 Å². The van der Waals surface area contributed by atoms with Crippen molar-refractivity contribution in [3.8, 4) is 0 Å². The van der Waals surface area contributed by atoms with Crippen LogP contribution in [0.1, 0.15) is 0 Å². The van der Waals surface area contributed by atoms with Gasteiger partial charge in [0.25, 0.3) is 10.0 Å². The van der Waals surface area contributed by atoms with Gasteiger partial charge >= 0.3 is 0 Å². The van der Waals surface area contributed by atoms with E-state index in [1.54, 1.807) is 36.4 Å². The minimum atomic E-state index is -4.02. The lowest BCUT2D eigenvalue weighted by molar-refractivity contribution is 0.595. The van der Waals surface area contributed by atoms with Crippen LogP contribution in [-0.2, 0) is 19.9 Å². The Labute approximate surface area is 208 Å². The molecule has 0 unspecified atom stereocenters. The van der Waals surface area contributed by atoms with Gasteiger partial charge in [0.15, 0.2) is 0 Å². The molecule has 0 spiro atoms. The van der Waals surface area contributed by atoms with Gasteiger partial charge in [-0.3, -0.25) is 4.72 Å². The van der Waals surface area contributed by atoms with Crippen molar-refractivity contribution in [2.24, 2.45) is 0 Å². The highest BCUT2D eigenvalue weighted by Gasteiger charge is 2.22. The number of sulfonamides is 1. The molecule has 4 rings (SSSR count). The van der Waals surface area contributed by atoms with E-state index in [0.29, 0.717) is 22.0 Å². The molecule has 0 fully saturated rings. The van der Waals surface area contributed by atoms with E-state index >= 15 is 0 Å². The van der Waals surface area contributed by atoms with Crippen molar-refractivity contribution < 1.29 is 16.8 Å². The summed E-state index contributed by atoms with van der Waals surface area (Å²) < 4.78 is 57.8. The second-order valence-electron chi connectivity index (χ2n) is 7.51. The third-order valence-electron chi connectivity index (χ3n) is 4.90. The minimum absolute atomic E-state index is 0.0441. The number of hydrogen-bond donors (Lipinski definition) is 4. The first kappa shape index (κ1) is 24.5. The molecule has 0 aromatic heterocycles. The molecule has 0 bridgehead atoms. The van der Waals surface area contributed by atoms with Crippen molar-refractivity contribution in [1.82, 2.24) is 0 Å². The van der Waals surface area contributed by atoms with Crippen molar-refractivity contribution in [3.63, 3.8) is 0 Å². The van der Waals surface area contributed by atoms with Gasteiger partial charge < -0.3 is 16.2 Å². The third kappa shape index (κ3) is 5.88. The lowest BCUT2D eigenvalue weighted by atomic mass is 10.3. The van der Waals surface area contributed by atoms with Gasteiger partial charge in [0.1, 0.15) is 0 Å². The average Bonchev–Trinajstić information content (AvgIpc) is 2.85. The van der Waals surface area contributed by atoms with Crippen molar-refractivity contribution in [1.29, 1.82) is 0 Å².